The Labute approximate surface area is 126 Å². The molecule has 0 aliphatic rings. The van der Waals surface area contributed by atoms with E-state index in [1.807, 2.05) is 24.3 Å². The van der Waals surface area contributed by atoms with Crippen LogP contribution in [0.4, 0.5) is 0 Å². The van der Waals surface area contributed by atoms with Crippen LogP contribution in [0, 0.1) is 0 Å². The fourth-order valence-electron chi connectivity index (χ4n) is 1.99. The summed E-state index contributed by atoms with van der Waals surface area (Å²) in [6, 6.07) is 13.1. The lowest BCUT2D eigenvalue weighted by molar-refractivity contribution is 0.111. The molecule has 3 rings (SSSR count). The summed E-state index contributed by atoms with van der Waals surface area (Å²) in [5.74, 6) is 1.16. The molecule has 21 heavy (non-hydrogen) atoms. The monoisotopic (exact) mass is 299 g/mol. The van der Waals surface area contributed by atoms with Crippen molar-refractivity contribution >= 4 is 27.8 Å². The Hall–Kier alpha value is -2.40. The van der Waals surface area contributed by atoms with E-state index < -0.39 is 0 Å². The van der Waals surface area contributed by atoms with Crippen LogP contribution in [0.1, 0.15) is 15.4 Å². The SMILES string of the molecule is COc1ccc(C=O)c(OCc2nc3ccccc3s2)c1. The van der Waals surface area contributed by atoms with Gasteiger partial charge in [-0.3, -0.25) is 4.79 Å². The van der Waals surface area contributed by atoms with E-state index in [1.54, 1.807) is 36.6 Å². The molecule has 0 atom stereocenters. The zero-order chi connectivity index (χ0) is 14.7. The fourth-order valence-corrected chi connectivity index (χ4v) is 2.87. The van der Waals surface area contributed by atoms with E-state index in [1.165, 1.54) is 0 Å². The topological polar surface area (TPSA) is 48.4 Å². The molecule has 0 fully saturated rings. The van der Waals surface area contributed by atoms with Crippen molar-refractivity contribution in [3.05, 3.63) is 53.0 Å². The van der Waals surface area contributed by atoms with E-state index in [2.05, 4.69) is 4.98 Å². The quantitative estimate of drug-likeness (QED) is 0.674. The van der Waals surface area contributed by atoms with Gasteiger partial charge in [0.25, 0.3) is 0 Å². The summed E-state index contributed by atoms with van der Waals surface area (Å²) in [6.07, 6.45) is 0.771. The summed E-state index contributed by atoms with van der Waals surface area (Å²) >= 11 is 1.58. The van der Waals surface area contributed by atoms with Gasteiger partial charge in [0.2, 0.25) is 0 Å². The summed E-state index contributed by atoms with van der Waals surface area (Å²) in [6.45, 7) is 0.327. The average Bonchev–Trinajstić information content (AvgIpc) is 2.95. The Morgan fingerprint density at radius 3 is 2.86 bits per heavy atom. The number of aromatic nitrogens is 1. The van der Waals surface area contributed by atoms with Gasteiger partial charge in [-0.1, -0.05) is 12.1 Å². The number of carbonyl (C=O) groups is 1. The first-order chi connectivity index (χ1) is 10.3. The van der Waals surface area contributed by atoms with E-state index in [-0.39, 0.29) is 0 Å². The van der Waals surface area contributed by atoms with Crippen molar-refractivity contribution in [1.29, 1.82) is 0 Å². The van der Waals surface area contributed by atoms with Crippen LogP contribution in [-0.2, 0) is 6.61 Å². The molecule has 0 amide bonds. The Balaban J connectivity index is 1.82. The number of rotatable bonds is 5. The summed E-state index contributed by atoms with van der Waals surface area (Å²) in [5.41, 5.74) is 1.46. The molecule has 2 aromatic carbocycles. The highest BCUT2D eigenvalue weighted by atomic mass is 32.1. The molecular formula is C16H13NO3S. The fraction of sp³-hybridized carbons (Fsp3) is 0.125. The number of benzene rings is 2. The van der Waals surface area contributed by atoms with Crippen molar-refractivity contribution in [1.82, 2.24) is 4.98 Å². The summed E-state index contributed by atoms with van der Waals surface area (Å²) < 4.78 is 12.0. The molecule has 106 valence electrons. The van der Waals surface area contributed by atoms with Crippen LogP contribution in [-0.4, -0.2) is 18.4 Å². The largest absolute Gasteiger partial charge is 0.497 e. The normalized spacial score (nSPS) is 10.5. The first kappa shape index (κ1) is 13.6. The second kappa shape index (κ2) is 5.93. The third-order valence-corrected chi connectivity index (χ3v) is 4.05. The minimum Gasteiger partial charge on any atom is -0.497 e. The number of methoxy groups -OCH3 is 1. The van der Waals surface area contributed by atoms with Gasteiger partial charge in [0.15, 0.2) is 6.29 Å². The molecule has 0 aliphatic heterocycles. The molecule has 0 bridgehead atoms. The van der Waals surface area contributed by atoms with Crippen molar-refractivity contribution in [2.24, 2.45) is 0 Å². The molecule has 5 heteroatoms. The van der Waals surface area contributed by atoms with Gasteiger partial charge in [-0.05, 0) is 24.3 Å². The maximum atomic E-state index is 11.0. The summed E-state index contributed by atoms with van der Waals surface area (Å²) in [7, 11) is 1.58. The Kier molecular flexibility index (Phi) is 3.83. The Morgan fingerprint density at radius 2 is 2.10 bits per heavy atom. The minimum atomic E-state index is 0.327. The van der Waals surface area contributed by atoms with E-state index in [0.717, 1.165) is 21.5 Å². The molecule has 0 saturated heterocycles. The van der Waals surface area contributed by atoms with Gasteiger partial charge < -0.3 is 9.47 Å². The maximum absolute atomic E-state index is 11.0. The molecule has 0 saturated carbocycles. The number of para-hydroxylation sites is 1. The van der Waals surface area contributed by atoms with Gasteiger partial charge in [-0.25, -0.2) is 4.98 Å². The Bertz CT molecular complexity index is 749. The lowest BCUT2D eigenvalue weighted by Gasteiger charge is -2.08. The number of nitrogens with zero attached hydrogens (tertiary/aromatic N) is 1. The van der Waals surface area contributed by atoms with Crippen LogP contribution in [0.25, 0.3) is 10.2 Å². The lowest BCUT2D eigenvalue weighted by atomic mass is 10.2. The molecule has 0 N–H and O–H groups in total. The first-order valence-electron chi connectivity index (χ1n) is 6.40. The van der Waals surface area contributed by atoms with Crippen LogP contribution in [0.3, 0.4) is 0 Å². The van der Waals surface area contributed by atoms with E-state index in [9.17, 15) is 4.79 Å². The number of thiazole rings is 1. The molecule has 3 aromatic rings. The second-order valence-corrected chi connectivity index (χ2v) is 5.50. The number of aldehydes is 1. The molecule has 1 heterocycles. The number of hydrogen-bond acceptors (Lipinski definition) is 5. The van der Waals surface area contributed by atoms with E-state index in [0.29, 0.717) is 23.7 Å². The highest BCUT2D eigenvalue weighted by Gasteiger charge is 2.08. The molecule has 0 unspecified atom stereocenters. The third-order valence-electron chi connectivity index (χ3n) is 3.04. The van der Waals surface area contributed by atoms with Gasteiger partial charge in [-0.15, -0.1) is 11.3 Å². The van der Waals surface area contributed by atoms with Crippen molar-refractivity contribution in [2.45, 2.75) is 6.61 Å². The zero-order valence-corrected chi connectivity index (χ0v) is 12.2. The molecule has 0 aliphatic carbocycles. The van der Waals surface area contributed by atoms with Crippen LogP contribution < -0.4 is 9.47 Å². The predicted octanol–water partition coefficient (Wildman–Crippen LogP) is 3.70. The van der Waals surface area contributed by atoms with Crippen molar-refractivity contribution < 1.29 is 14.3 Å². The van der Waals surface area contributed by atoms with Gasteiger partial charge in [0.05, 0.1) is 22.9 Å². The van der Waals surface area contributed by atoms with Crippen molar-refractivity contribution in [2.75, 3.05) is 7.11 Å². The van der Waals surface area contributed by atoms with E-state index >= 15 is 0 Å². The van der Waals surface area contributed by atoms with Crippen LogP contribution in [0.15, 0.2) is 42.5 Å². The molecule has 0 radical (unpaired) electrons. The number of ether oxygens (including phenoxy) is 2. The third kappa shape index (κ3) is 2.87. The zero-order valence-electron chi connectivity index (χ0n) is 11.4. The van der Waals surface area contributed by atoms with Crippen LogP contribution in [0.2, 0.25) is 0 Å². The second-order valence-electron chi connectivity index (χ2n) is 4.39. The molecule has 4 nitrogen and oxygen atoms in total. The van der Waals surface area contributed by atoms with Crippen LogP contribution >= 0.6 is 11.3 Å². The van der Waals surface area contributed by atoms with Gasteiger partial charge in [-0.2, -0.15) is 0 Å². The Morgan fingerprint density at radius 1 is 1.24 bits per heavy atom. The van der Waals surface area contributed by atoms with E-state index in [4.69, 9.17) is 9.47 Å². The smallest absolute Gasteiger partial charge is 0.153 e. The maximum Gasteiger partial charge on any atom is 0.153 e. The number of carbonyl (C=O) groups excluding carboxylic acids is 1. The standard InChI is InChI=1S/C16H13NO3S/c1-19-12-7-6-11(9-18)14(8-12)20-10-16-17-13-4-2-3-5-15(13)21-16/h2-9H,10H2,1H3. The summed E-state index contributed by atoms with van der Waals surface area (Å²) in [4.78, 5) is 15.5. The minimum absolute atomic E-state index is 0.327. The van der Waals surface area contributed by atoms with Gasteiger partial charge >= 0.3 is 0 Å². The molecule has 0 spiro atoms. The highest BCUT2D eigenvalue weighted by Crippen LogP contribution is 2.26. The van der Waals surface area contributed by atoms with Crippen molar-refractivity contribution in [3.8, 4) is 11.5 Å². The van der Waals surface area contributed by atoms with Gasteiger partial charge in [0, 0.05) is 6.07 Å². The first-order valence-corrected chi connectivity index (χ1v) is 7.22. The van der Waals surface area contributed by atoms with Crippen LogP contribution in [0.5, 0.6) is 11.5 Å². The molecule has 1 aromatic heterocycles. The predicted molar refractivity (Wildman–Crippen MR) is 82.3 cm³/mol. The number of hydrogen-bond donors (Lipinski definition) is 0. The lowest BCUT2D eigenvalue weighted by Crippen LogP contribution is -1.98. The average molecular weight is 299 g/mol. The summed E-state index contributed by atoms with van der Waals surface area (Å²) in [5, 5.41) is 0.871. The molecular weight excluding hydrogens is 286 g/mol. The highest BCUT2D eigenvalue weighted by molar-refractivity contribution is 7.18. The number of fused-ring (bicyclic) bond motifs is 1. The van der Waals surface area contributed by atoms with Gasteiger partial charge in [0.1, 0.15) is 23.1 Å². The van der Waals surface area contributed by atoms with Crippen molar-refractivity contribution in [3.63, 3.8) is 0 Å².